The van der Waals surface area contributed by atoms with Gasteiger partial charge in [-0.25, -0.2) is 0 Å². The van der Waals surface area contributed by atoms with Crippen molar-refractivity contribution < 1.29 is 14.3 Å². The molecule has 0 N–H and O–H groups in total. The molecule has 0 saturated carbocycles. The topological polar surface area (TPSA) is 35.5 Å². The van der Waals surface area contributed by atoms with E-state index in [1.54, 1.807) is 19.2 Å². The summed E-state index contributed by atoms with van der Waals surface area (Å²) in [5.74, 6) is 1.26. The Bertz CT molecular complexity index is 535. The second-order valence-corrected chi connectivity index (χ2v) is 4.14. The van der Waals surface area contributed by atoms with Crippen molar-refractivity contribution in [3.63, 3.8) is 0 Å². The number of ketones is 1. The highest BCUT2D eigenvalue weighted by Gasteiger charge is 2.07. The molecule has 0 heterocycles. The van der Waals surface area contributed by atoms with Crippen molar-refractivity contribution in [1.82, 2.24) is 0 Å². The summed E-state index contributed by atoms with van der Waals surface area (Å²) in [6.45, 7) is 0.0509. The number of methoxy groups -OCH3 is 1. The molecule has 0 fully saturated rings. The molecule has 2 rings (SSSR count). The zero-order chi connectivity index (χ0) is 13.5. The number of carbonyl (C=O) groups excluding carboxylic acids is 1. The maximum absolute atomic E-state index is 11.8. The molecule has 0 spiro atoms. The lowest BCUT2D eigenvalue weighted by atomic mass is 10.1. The number of carbonyl (C=O) groups is 1. The van der Waals surface area contributed by atoms with Crippen molar-refractivity contribution in [3.05, 3.63) is 60.2 Å². The van der Waals surface area contributed by atoms with Crippen molar-refractivity contribution in [3.8, 4) is 11.5 Å². The first-order valence-electron chi connectivity index (χ1n) is 6.11. The molecule has 0 atom stereocenters. The summed E-state index contributed by atoms with van der Waals surface area (Å²) in [5, 5.41) is 0. The Balaban J connectivity index is 1.90. The van der Waals surface area contributed by atoms with Crippen molar-refractivity contribution >= 4 is 5.78 Å². The Morgan fingerprint density at radius 1 is 0.947 bits per heavy atom. The maximum atomic E-state index is 11.8. The van der Waals surface area contributed by atoms with Gasteiger partial charge >= 0.3 is 0 Å². The molecule has 0 amide bonds. The van der Waals surface area contributed by atoms with Gasteiger partial charge in [0, 0.05) is 6.42 Å². The van der Waals surface area contributed by atoms with Gasteiger partial charge in [0.05, 0.1) is 7.11 Å². The van der Waals surface area contributed by atoms with E-state index >= 15 is 0 Å². The van der Waals surface area contributed by atoms with Crippen molar-refractivity contribution in [1.29, 1.82) is 0 Å². The lowest BCUT2D eigenvalue weighted by Crippen LogP contribution is -2.14. The number of hydrogen-bond donors (Lipinski definition) is 0. The maximum Gasteiger partial charge on any atom is 0.174 e. The van der Waals surface area contributed by atoms with E-state index in [0.717, 1.165) is 5.56 Å². The van der Waals surface area contributed by atoms with Gasteiger partial charge in [0.1, 0.15) is 6.61 Å². The van der Waals surface area contributed by atoms with Gasteiger partial charge in [-0.05, 0) is 17.7 Å². The van der Waals surface area contributed by atoms with E-state index in [1.165, 1.54) is 0 Å². The van der Waals surface area contributed by atoms with E-state index in [0.29, 0.717) is 17.9 Å². The molecule has 0 radical (unpaired) electrons. The van der Waals surface area contributed by atoms with E-state index in [-0.39, 0.29) is 12.4 Å². The minimum atomic E-state index is 0.0390. The lowest BCUT2D eigenvalue weighted by molar-refractivity contribution is -0.120. The molecule has 3 nitrogen and oxygen atoms in total. The first-order valence-corrected chi connectivity index (χ1v) is 6.11. The normalized spacial score (nSPS) is 9.95. The molecule has 0 unspecified atom stereocenters. The first-order chi connectivity index (χ1) is 9.29. The minimum Gasteiger partial charge on any atom is -0.493 e. The van der Waals surface area contributed by atoms with Crippen LogP contribution in [0.5, 0.6) is 11.5 Å². The molecule has 2 aromatic carbocycles. The highest BCUT2D eigenvalue weighted by Crippen LogP contribution is 2.25. The predicted octanol–water partition coefficient (Wildman–Crippen LogP) is 2.89. The first kappa shape index (κ1) is 13.1. The molecule has 0 bridgehead atoms. The van der Waals surface area contributed by atoms with Crippen LogP contribution >= 0.6 is 0 Å². The van der Waals surface area contributed by atoms with Crippen LogP contribution in [0.1, 0.15) is 5.56 Å². The van der Waals surface area contributed by atoms with Crippen molar-refractivity contribution in [2.45, 2.75) is 6.42 Å². The zero-order valence-electron chi connectivity index (χ0n) is 10.8. The quantitative estimate of drug-likeness (QED) is 0.797. The van der Waals surface area contributed by atoms with Crippen LogP contribution in [0, 0.1) is 0 Å². The summed E-state index contributed by atoms with van der Waals surface area (Å²) in [6.07, 6.45) is 0.385. The summed E-state index contributed by atoms with van der Waals surface area (Å²) in [4.78, 5) is 11.8. The van der Waals surface area contributed by atoms with E-state index in [9.17, 15) is 4.79 Å². The van der Waals surface area contributed by atoms with Gasteiger partial charge in [-0.2, -0.15) is 0 Å². The van der Waals surface area contributed by atoms with Gasteiger partial charge in [0.2, 0.25) is 0 Å². The van der Waals surface area contributed by atoms with E-state index < -0.39 is 0 Å². The Hall–Kier alpha value is -2.29. The van der Waals surface area contributed by atoms with Crippen LogP contribution in [0.4, 0.5) is 0 Å². The van der Waals surface area contributed by atoms with Crippen LogP contribution < -0.4 is 9.47 Å². The van der Waals surface area contributed by atoms with Gasteiger partial charge in [0.15, 0.2) is 17.3 Å². The van der Waals surface area contributed by atoms with Gasteiger partial charge < -0.3 is 9.47 Å². The summed E-state index contributed by atoms with van der Waals surface area (Å²) in [7, 11) is 1.58. The highest BCUT2D eigenvalue weighted by molar-refractivity contribution is 5.82. The average Bonchev–Trinajstić information content (AvgIpc) is 2.46. The number of para-hydroxylation sites is 2. The third-order valence-corrected chi connectivity index (χ3v) is 2.70. The van der Waals surface area contributed by atoms with Crippen LogP contribution in [-0.4, -0.2) is 19.5 Å². The van der Waals surface area contributed by atoms with Crippen LogP contribution in [0.3, 0.4) is 0 Å². The zero-order valence-corrected chi connectivity index (χ0v) is 10.8. The summed E-state index contributed by atoms with van der Waals surface area (Å²) in [6, 6.07) is 16.9. The SMILES string of the molecule is COc1ccccc1OCC(=O)Cc1ccccc1. The molecule has 0 aliphatic rings. The van der Waals surface area contributed by atoms with Crippen molar-refractivity contribution in [2.75, 3.05) is 13.7 Å². The number of Topliss-reactive ketones (excluding diaryl/α,β-unsaturated/α-hetero) is 1. The summed E-state index contributed by atoms with van der Waals surface area (Å²) < 4.78 is 10.6. The molecule has 3 heteroatoms. The van der Waals surface area contributed by atoms with E-state index in [4.69, 9.17) is 9.47 Å². The Morgan fingerprint density at radius 2 is 1.58 bits per heavy atom. The lowest BCUT2D eigenvalue weighted by Gasteiger charge is -2.09. The molecule has 98 valence electrons. The molecule has 0 aromatic heterocycles. The van der Waals surface area contributed by atoms with Gasteiger partial charge in [-0.3, -0.25) is 4.79 Å². The monoisotopic (exact) mass is 256 g/mol. The molecule has 19 heavy (non-hydrogen) atoms. The molecule has 0 saturated heterocycles. The van der Waals surface area contributed by atoms with E-state index in [2.05, 4.69) is 0 Å². The number of benzene rings is 2. The summed E-state index contributed by atoms with van der Waals surface area (Å²) in [5.41, 5.74) is 0.996. The third-order valence-electron chi connectivity index (χ3n) is 2.70. The molecular formula is C16H16O3. The minimum absolute atomic E-state index is 0.0390. The molecule has 2 aromatic rings. The van der Waals surface area contributed by atoms with Crippen LogP contribution in [0.2, 0.25) is 0 Å². The fourth-order valence-corrected chi connectivity index (χ4v) is 1.77. The van der Waals surface area contributed by atoms with Crippen LogP contribution in [0.15, 0.2) is 54.6 Å². The second kappa shape index (κ2) is 6.59. The fraction of sp³-hybridized carbons (Fsp3) is 0.188. The number of rotatable bonds is 6. The Labute approximate surface area is 112 Å². The van der Waals surface area contributed by atoms with Gasteiger partial charge in [-0.1, -0.05) is 42.5 Å². The number of ether oxygens (including phenoxy) is 2. The standard InChI is InChI=1S/C16H16O3/c1-18-15-9-5-6-10-16(15)19-12-14(17)11-13-7-3-2-4-8-13/h2-10H,11-12H2,1H3. The number of hydrogen-bond acceptors (Lipinski definition) is 3. The predicted molar refractivity (Wildman–Crippen MR) is 73.6 cm³/mol. The molecule has 0 aliphatic carbocycles. The fourth-order valence-electron chi connectivity index (χ4n) is 1.77. The summed E-state index contributed by atoms with van der Waals surface area (Å²) >= 11 is 0. The van der Waals surface area contributed by atoms with Gasteiger partial charge in [0.25, 0.3) is 0 Å². The smallest absolute Gasteiger partial charge is 0.174 e. The Morgan fingerprint density at radius 3 is 2.26 bits per heavy atom. The van der Waals surface area contributed by atoms with Crippen LogP contribution in [-0.2, 0) is 11.2 Å². The van der Waals surface area contributed by atoms with Crippen LogP contribution in [0.25, 0.3) is 0 Å². The highest BCUT2D eigenvalue weighted by atomic mass is 16.5. The van der Waals surface area contributed by atoms with Gasteiger partial charge in [-0.15, -0.1) is 0 Å². The molecule has 0 aliphatic heterocycles. The van der Waals surface area contributed by atoms with Crippen molar-refractivity contribution in [2.24, 2.45) is 0 Å². The largest absolute Gasteiger partial charge is 0.493 e. The third kappa shape index (κ3) is 3.85. The molecular weight excluding hydrogens is 240 g/mol. The second-order valence-electron chi connectivity index (χ2n) is 4.14. The van der Waals surface area contributed by atoms with E-state index in [1.807, 2.05) is 42.5 Å². The average molecular weight is 256 g/mol. The Kier molecular flexibility index (Phi) is 4.56.